The molecular formula is C17H38N2. The molecule has 0 bridgehead atoms. The summed E-state index contributed by atoms with van der Waals surface area (Å²) in [6.45, 7) is 12.6. The summed E-state index contributed by atoms with van der Waals surface area (Å²) in [5, 5.41) is 3.50. The van der Waals surface area contributed by atoms with Gasteiger partial charge in [-0.3, -0.25) is 4.90 Å². The van der Waals surface area contributed by atoms with Crippen molar-refractivity contribution >= 4 is 0 Å². The molecule has 0 aromatic heterocycles. The van der Waals surface area contributed by atoms with Gasteiger partial charge in [0.25, 0.3) is 0 Å². The first-order chi connectivity index (χ1) is 8.97. The number of nitrogens with zero attached hydrogens (tertiary/aromatic N) is 1. The number of unbranched alkanes of at least 4 members (excludes halogenated alkanes) is 6. The third-order valence-corrected chi connectivity index (χ3v) is 3.99. The first-order valence-corrected chi connectivity index (χ1v) is 8.41. The fraction of sp³-hybridized carbons (Fsp3) is 1.00. The number of hydrogen-bond acceptors (Lipinski definition) is 2. The SMILES string of the molecule is CCCCCCCCCC(NC)N(CC)C(C)(C)C. The van der Waals surface area contributed by atoms with E-state index in [1.54, 1.807) is 0 Å². The third kappa shape index (κ3) is 8.65. The van der Waals surface area contributed by atoms with Gasteiger partial charge in [-0.2, -0.15) is 0 Å². The van der Waals surface area contributed by atoms with Crippen LogP contribution in [0.2, 0.25) is 0 Å². The third-order valence-electron chi connectivity index (χ3n) is 3.99. The highest BCUT2D eigenvalue weighted by Crippen LogP contribution is 2.19. The van der Waals surface area contributed by atoms with E-state index < -0.39 is 0 Å². The fourth-order valence-corrected chi connectivity index (χ4v) is 2.91. The zero-order chi connectivity index (χ0) is 14.7. The van der Waals surface area contributed by atoms with E-state index in [9.17, 15) is 0 Å². The lowest BCUT2D eigenvalue weighted by atomic mass is 10.0. The van der Waals surface area contributed by atoms with Gasteiger partial charge in [0, 0.05) is 5.54 Å². The summed E-state index contributed by atoms with van der Waals surface area (Å²) < 4.78 is 0. The van der Waals surface area contributed by atoms with E-state index in [1.165, 1.54) is 51.4 Å². The number of rotatable bonds is 11. The van der Waals surface area contributed by atoms with E-state index in [2.05, 4.69) is 51.9 Å². The Bertz CT molecular complexity index is 196. The highest BCUT2D eigenvalue weighted by Gasteiger charge is 2.25. The Hall–Kier alpha value is -0.0800. The maximum atomic E-state index is 3.50. The lowest BCUT2D eigenvalue weighted by Gasteiger charge is -2.41. The van der Waals surface area contributed by atoms with Crippen LogP contribution in [0, 0.1) is 0 Å². The lowest BCUT2D eigenvalue weighted by Crippen LogP contribution is -2.53. The Kier molecular flexibility index (Phi) is 10.6. The average molecular weight is 271 g/mol. The molecule has 0 saturated carbocycles. The van der Waals surface area contributed by atoms with Crippen molar-refractivity contribution in [3.63, 3.8) is 0 Å². The molecule has 0 fully saturated rings. The van der Waals surface area contributed by atoms with E-state index >= 15 is 0 Å². The molecule has 0 aromatic rings. The Morgan fingerprint density at radius 2 is 1.42 bits per heavy atom. The van der Waals surface area contributed by atoms with Crippen molar-refractivity contribution in [2.24, 2.45) is 0 Å². The average Bonchev–Trinajstić information content (AvgIpc) is 2.34. The lowest BCUT2D eigenvalue weighted by molar-refractivity contribution is 0.0667. The van der Waals surface area contributed by atoms with E-state index in [4.69, 9.17) is 0 Å². The second-order valence-electron chi connectivity index (χ2n) is 6.67. The normalized spacial score (nSPS) is 14.1. The molecule has 0 aromatic carbocycles. The molecule has 1 atom stereocenters. The maximum Gasteiger partial charge on any atom is 0.0598 e. The second-order valence-corrected chi connectivity index (χ2v) is 6.67. The summed E-state index contributed by atoms with van der Waals surface area (Å²) >= 11 is 0. The standard InChI is InChI=1S/C17H38N2/c1-7-9-10-11-12-13-14-15-16(18-6)19(8-2)17(3,4)5/h16,18H,7-15H2,1-6H3. The van der Waals surface area contributed by atoms with Crippen LogP contribution in [-0.4, -0.2) is 30.2 Å². The van der Waals surface area contributed by atoms with Crippen LogP contribution < -0.4 is 5.32 Å². The van der Waals surface area contributed by atoms with Gasteiger partial charge in [-0.1, -0.05) is 58.8 Å². The maximum absolute atomic E-state index is 3.50. The molecule has 0 aliphatic heterocycles. The van der Waals surface area contributed by atoms with E-state index in [-0.39, 0.29) is 5.54 Å². The van der Waals surface area contributed by atoms with Crippen LogP contribution in [0.25, 0.3) is 0 Å². The van der Waals surface area contributed by atoms with Crippen molar-refractivity contribution in [2.45, 2.75) is 97.7 Å². The smallest absolute Gasteiger partial charge is 0.0598 e. The van der Waals surface area contributed by atoms with Crippen LogP contribution in [0.5, 0.6) is 0 Å². The minimum absolute atomic E-state index is 0.254. The second kappa shape index (κ2) is 10.7. The Labute approximate surface area is 122 Å². The van der Waals surface area contributed by atoms with Crippen LogP contribution in [-0.2, 0) is 0 Å². The summed E-state index contributed by atoms with van der Waals surface area (Å²) in [5.41, 5.74) is 0.254. The van der Waals surface area contributed by atoms with Gasteiger partial charge >= 0.3 is 0 Å². The largest absolute Gasteiger partial charge is 0.305 e. The van der Waals surface area contributed by atoms with Gasteiger partial charge in [0.05, 0.1) is 6.17 Å². The van der Waals surface area contributed by atoms with Crippen LogP contribution >= 0.6 is 0 Å². The molecule has 2 heteroatoms. The predicted octanol–water partition coefficient (Wildman–Crippen LogP) is 4.79. The van der Waals surface area contributed by atoms with Crippen molar-refractivity contribution in [1.82, 2.24) is 10.2 Å². The predicted molar refractivity (Wildman–Crippen MR) is 87.6 cm³/mol. The zero-order valence-corrected chi connectivity index (χ0v) is 14.4. The Balaban J connectivity index is 3.87. The van der Waals surface area contributed by atoms with Gasteiger partial charge in [-0.15, -0.1) is 0 Å². The summed E-state index contributed by atoms with van der Waals surface area (Å²) in [5.74, 6) is 0. The highest BCUT2D eigenvalue weighted by molar-refractivity contribution is 4.80. The molecule has 0 aliphatic rings. The van der Waals surface area contributed by atoms with Crippen molar-refractivity contribution in [1.29, 1.82) is 0 Å². The summed E-state index contributed by atoms with van der Waals surface area (Å²) in [4.78, 5) is 2.57. The van der Waals surface area contributed by atoms with Crippen molar-refractivity contribution in [2.75, 3.05) is 13.6 Å². The molecule has 2 nitrogen and oxygen atoms in total. The van der Waals surface area contributed by atoms with Crippen molar-refractivity contribution in [3.05, 3.63) is 0 Å². The van der Waals surface area contributed by atoms with Gasteiger partial charge in [0.1, 0.15) is 0 Å². The molecule has 0 radical (unpaired) electrons. The van der Waals surface area contributed by atoms with Crippen molar-refractivity contribution < 1.29 is 0 Å². The van der Waals surface area contributed by atoms with Gasteiger partial charge in [0.15, 0.2) is 0 Å². The quantitative estimate of drug-likeness (QED) is 0.429. The van der Waals surface area contributed by atoms with Gasteiger partial charge in [0.2, 0.25) is 0 Å². The number of nitrogens with one attached hydrogen (secondary N) is 1. The first kappa shape index (κ1) is 18.9. The molecule has 0 amide bonds. The molecular weight excluding hydrogens is 232 g/mol. The van der Waals surface area contributed by atoms with Gasteiger partial charge in [-0.25, -0.2) is 0 Å². The highest BCUT2D eigenvalue weighted by atomic mass is 15.3. The van der Waals surface area contributed by atoms with Crippen LogP contribution in [0.4, 0.5) is 0 Å². The minimum atomic E-state index is 0.254. The molecule has 0 aliphatic carbocycles. The summed E-state index contributed by atoms with van der Waals surface area (Å²) in [7, 11) is 2.10. The van der Waals surface area contributed by atoms with Gasteiger partial charge in [-0.05, 0) is 40.8 Å². The summed E-state index contributed by atoms with van der Waals surface area (Å²) in [6.07, 6.45) is 11.6. The minimum Gasteiger partial charge on any atom is -0.305 e. The zero-order valence-electron chi connectivity index (χ0n) is 14.4. The molecule has 0 rings (SSSR count). The Morgan fingerprint density at radius 1 is 0.895 bits per heavy atom. The fourth-order valence-electron chi connectivity index (χ4n) is 2.91. The van der Waals surface area contributed by atoms with E-state index in [0.717, 1.165) is 6.54 Å². The molecule has 0 heterocycles. The topological polar surface area (TPSA) is 15.3 Å². The van der Waals surface area contributed by atoms with Crippen LogP contribution in [0.3, 0.4) is 0 Å². The van der Waals surface area contributed by atoms with E-state index in [1.807, 2.05) is 0 Å². The monoisotopic (exact) mass is 270 g/mol. The van der Waals surface area contributed by atoms with Crippen molar-refractivity contribution in [3.8, 4) is 0 Å². The molecule has 1 N–H and O–H groups in total. The molecule has 116 valence electrons. The molecule has 19 heavy (non-hydrogen) atoms. The Morgan fingerprint density at radius 3 is 1.84 bits per heavy atom. The first-order valence-electron chi connectivity index (χ1n) is 8.41. The van der Waals surface area contributed by atoms with E-state index in [0.29, 0.717) is 6.17 Å². The van der Waals surface area contributed by atoms with Gasteiger partial charge < -0.3 is 5.32 Å². The molecule has 0 saturated heterocycles. The molecule has 0 spiro atoms. The summed E-state index contributed by atoms with van der Waals surface area (Å²) in [6, 6.07) is 0. The van der Waals surface area contributed by atoms with Crippen LogP contribution in [0.15, 0.2) is 0 Å². The van der Waals surface area contributed by atoms with Crippen LogP contribution in [0.1, 0.15) is 86.0 Å². The molecule has 1 unspecified atom stereocenters. The number of hydrogen-bond donors (Lipinski definition) is 1.